The lowest BCUT2D eigenvalue weighted by Gasteiger charge is -2.31. The first-order valence-electron chi connectivity index (χ1n) is 6.45. The highest BCUT2D eigenvalue weighted by atomic mass is 19.1. The van der Waals surface area contributed by atoms with Crippen LogP contribution in [-0.4, -0.2) is 13.1 Å². The SMILES string of the molecule is CCCC(F)(c1ccc2occc2c1)C(C)NC. The predicted molar refractivity (Wildman–Crippen MR) is 72.4 cm³/mol. The zero-order valence-corrected chi connectivity index (χ0v) is 11.2. The molecule has 0 spiro atoms. The molecule has 2 nitrogen and oxygen atoms in total. The van der Waals surface area contributed by atoms with Crippen LogP contribution in [0.3, 0.4) is 0 Å². The van der Waals surface area contributed by atoms with Crippen molar-refractivity contribution in [3.05, 3.63) is 36.1 Å². The van der Waals surface area contributed by atoms with Crippen molar-refractivity contribution in [3.63, 3.8) is 0 Å². The van der Waals surface area contributed by atoms with E-state index in [9.17, 15) is 0 Å². The van der Waals surface area contributed by atoms with E-state index in [1.807, 2.05) is 38.1 Å². The molecule has 2 rings (SSSR count). The van der Waals surface area contributed by atoms with Crippen LogP contribution < -0.4 is 5.32 Å². The van der Waals surface area contributed by atoms with E-state index in [2.05, 4.69) is 5.32 Å². The van der Waals surface area contributed by atoms with Gasteiger partial charge in [-0.05, 0) is 44.2 Å². The predicted octanol–water partition coefficient (Wildman–Crippen LogP) is 4.01. The summed E-state index contributed by atoms with van der Waals surface area (Å²) in [6.07, 6.45) is 2.96. The summed E-state index contributed by atoms with van der Waals surface area (Å²) in [5.41, 5.74) is 0.185. The molecule has 0 radical (unpaired) electrons. The van der Waals surface area contributed by atoms with Gasteiger partial charge in [-0.15, -0.1) is 0 Å². The quantitative estimate of drug-likeness (QED) is 0.866. The van der Waals surface area contributed by atoms with Gasteiger partial charge >= 0.3 is 0 Å². The van der Waals surface area contributed by atoms with Crippen LogP contribution in [0, 0.1) is 0 Å². The lowest BCUT2D eigenvalue weighted by atomic mass is 9.84. The maximum atomic E-state index is 15.3. The Morgan fingerprint density at radius 2 is 2.17 bits per heavy atom. The molecule has 1 heterocycles. The minimum Gasteiger partial charge on any atom is -0.464 e. The van der Waals surface area contributed by atoms with Gasteiger partial charge in [0.25, 0.3) is 0 Å². The molecule has 0 aliphatic carbocycles. The normalized spacial score (nSPS) is 16.7. The average molecular weight is 249 g/mol. The van der Waals surface area contributed by atoms with Crippen molar-refractivity contribution in [1.82, 2.24) is 5.32 Å². The van der Waals surface area contributed by atoms with E-state index in [0.29, 0.717) is 6.42 Å². The third-order valence-electron chi connectivity index (χ3n) is 3.67. The van der Waals surface area contributed by atoms with Gasteiger partial charge in [-0.3, -0.25) is 0 Å². The van der Waals surface area contributed by atoms with E-state index in [0.717, 1.165) is 23.0 Å². The molecule has 0 amide bonds. The number of halogens is 1. The van der Waals surface area contributed by atoms with Gasteiger partial charge in [-0.25, -0.2) is 4.39 Å². The fraction of sp³-hybridized carbons (Fsp3) is 0.467. The van der Waals surface area contributed by atoms with Crippen LogP contribution in [0.1, 0.15) is 32.3 Å². The Bertz CT molecular complexity index is 522. The van der Waals surface area contributed by atoms with E-state index in [-0.39, 0.29) is 6.04 Å². The molecule has 0 saturated heterocycles. The van der Waals surface area contributed by atoms with Crippen LogP contribution in [0.15, 0.2) is 34.9 Å². The van der Waals surface area contributed by atoms with E-state index in [1.54, 1.807) is 13.3 Å². The minimum atomic E-state index is -1.34. The van der Waals surface area contributed by atoms with E-state index in [1.165, 1.54) is 0 Å². The van der Waals surface area contributed by atoms with Crippen LogP contribution in [-0.2, 0) is 5.67 Å². The smallest absolute Gasteiger partial charge is 0.150 e. The summed E-state index contributed by atoms with van der Waals surface area (Å²) in [5, 5.41) is 3.98. The van der Waals surface area contributed by atoms with Crippen LogP contribution in [0.5, 0.6) is 0 Å². The second-order valence-electron chi connectivity index (χ2n) is 4.80. The Morgan fingerprint density at radius 3 is 2.83 bits per heavy atom. The van der Waals surface area contributed by atoms with Crippen molar-refractivity contribution in [2.45, 2.75) is 38.4 Å². The first-order valence-corrected chi connectivity index (χ1v) is 6.45. The van der Waals surface area contributed by atoms with Gasteiger partial charge in [0.05, 0.1) is 6.26 Å². The molecule has 0 aliphatic rings. The largest absolute Gasteiger partial charge is 0.464 e. The van der Waals surface area contributed by atoms with Gasteiger partial charge < -0.3 is 9.73 Å². The lowest BCUT2D eigenvalue weighted by molar-refractivity contribution is 0.103. The van der Waals surface area contributed by atoms with Gasteiger partial charge in [0.2, 0.25) is 0 Å². The molecule has 0 fully saturated rings. The van der Waals surface area contributed by atoms with E-state index in [4.69, 9.17) is 4.42 Å². The number of nitrogens with one attached hydrogen (secondary N) is 1. The molecule has 1 aromatic heterocycles. The van der Waals surface area contributed by atoms with E-state index < -0.39 is 5.67 Å². The van der Waals surface area contributed by atoms with Crippen molar-refractivity contribution in [3.8, 4) is 0 Å². The fourth-order valence-electron chi connectivity index (χ4n) is 2.43. The van der Waals surface area contributed by atoms with Crippen LogP contribution in [0.2, 0.25) is 0 Å². The number of likely N-dealkylation sites (N-methyl/N-ethyl adjacent to an activating group) is 1. The Hall–Kier alpha value is -1.35. The molecule has 0 bridgehead atoms. The molecule has 1 aromatic carbocycles. The first kappa shape index (κ1) is 13.1. The third-order valence-corrected chi connectivity index (χ3v) is 3.67. The highest BCUT2D eigenvalue weighted by molar-refractivity contribution is 5.78. The summed E-state index contributed by atoms with van der Waals surface area (Å²) in [4.78, 5) is 0. The monoisotopic (exact) mass is 249 g/mol. The Morgan fingerprint density at radius 1 is 1.39 bits per heavy atom. The second kappa shape index (κ2) is 5.11. The lowest BCUT2D eigenvalue weighted by Crippen LogP contribution is -2.41. The highest BCUT2D eigenvalue weighted by Crippen LogP contribution is 2.36. The Kier molecular flexibility index (Phi) is 3.71. The topological polar surface area (TPSA) is 25.2 Å². The molecule has 2 atom stereocenters. The van der Waals surface area contributed by atoms with Crippen molar-refractivity contribution < 1.29 is 8.81 Å². The Labute approximate surface area is 107 Å². The molecule has 2 aromatic rings. The minimum absolute atomic E-state index is 0.221. The van der Waals surface area contributed by atoms with Gasteiger partial charge in [-0.1, -0.05) is 19.4 Å². The van der Waals surface area contributed by atoms with Crippen LogP contribution >= 0.6 is 0 Å². The van der Waals surface area contributed by atoms with Gasteiger partial charge in [-0.2, -0.15) is 0 Å². The van der Waals surface area contributed by atoms with Crippen LogP contribution in [0.25, 0.3) is 11.0 Å². The first-order chi connectivity index (χ1) is 8.61. The van der Waals surface area contributed by atoms with E-state index >= 15 is 4.39 Å². The standard InChI is InChI=1S/C15H20FNO/c1-4-8-15(16,11(2)17-3)13-5-6-14-12(10-13)7-9-18-14/h5-7,9-11,17H,4,8H2,1-3H3. The van der Waals surface area contributed by atoms with Gasteiger partial charge in [0.1, 0.15) is 5.58 Å². The summed E-state index contributed by atoms with van der Waals surface area (Å²) in [6, 6.07) is 7.21. The van der Waals surface area contributed by atoms with Crippen molar-refractivity contribution in [1.29, 1.82) is 0 Å². The second-order valence-corrected chi connectivity index (χ2v) is 4.80. The number of alkyl halides is 1. The molecule has 3 heteroatoms. The molecule has 1 N–H and O–H groups in total. The third kappa shape index (κ3) is 2.15. The summed E-state index contributed by atoms with van der Waals surface area (Å²) >= 11 is 0. The number of benzene rings is 1. The number of hydrogen-bond acceptors (Lipinski definition) is 2. The van der Waals surface area contributed by atoms with Crippen molar-refractivity contribution in [2.75, 3.05) is 7.05 Å². The van der Waals surface area contributed by atoms with Crippen molar-refractivity contribution in [2.24, 2.45) is 0 Å². The number of hydrogen-bond donors (Lipinski definition) is 1. The number of rotatable bonds is 5. The molecule has 0 saturated carbocycles. The molecule has 0 aliphatic heterocycles. The summed E-state index contributed by atoms with van der Waals surface area (Å²) in [6.45, 7) is 3.89. The maximum absolute atomic E-state index is 15.3. The zero-order chi connectivity index (χ0) is 13.2. The zero-order valence-electron chi connectivity index (χ0n) is 11.2. The number of fused-ring (bicyclic) bond motifs is 1. The summed E-state index contributed by atoms with van der Waals surface area (Å²) < 4.78 is 20.6. The summed E-state index contributed by atoms with van der Waals surface area (Å²) in [7, 11) is 1.80. The molecule has 18 heavy (non-hydrogen) atoms. The molecular weight excluding hydrogens is 229 g/mol. The van der Waals surface area contributed by atoms with Gasteiger partial charge in [0.15, 0.2) is 5.67 Å². The average Bonchev–Trinajstić information content (AvgIpc) is 2.85. The number of furan rings is 1. The fourth-order valence-corrected chi connectivity index (χ4v) is 2.43. The molecule has 2 unspecified atom stereocenters. The summed E-state index contributed by atoms with van der Waals surface area (Å²) in [5.74, 6) is 0. The molecular formula is C15H20FNO. The van der Waals surface area contributed by atoms with Crippen LogP contribution in [0.4, 0.5) is 4.39 Å². The highest BCUT2D eigenvalue weighted by Gasteiger charge is 2.36. The van der Waals surface area contributed by atoms with Gasteiger partial charge in [0, 0.05) is 11.4 Å². The maximum Gasteiger partial charge on any atom is 0.150 e. The Balaban J connectivity index is 2.46. The van der Waals surface area contributed by atoms with Crippen molar-refractivity contribution >= 4 is 11.0 Å². The molecule has 98 valence electrons.